The normalized spacial score (nSPS) is 11.1. The Balaban J connectivity index is 0.000000149. The molecule has 0 saturated carbocycles. The maximum atomic E-state index is 11.7. The van der Waals surface area contributed by atoms with E-state index in [-0.39, 0.29) is 26.9 Å². The van der Waals surface area contributed by atoms with Crippen molar-refractivity contribution in [2.24, 2.45) is 17.2 Å². The van der Waals surface area contributed by atoms with Crippen LogP contribution >= 0.6 is 0 Å². The molecular formula is C48H36N10O7S2. The number of carbonyl (C=O) groups excluding carboxylic acids is 3. The number of rotatable bonds is 8. The highest BCUT2D eigenvalue weighted by Crippen LogP contribution is 2.30. The van der Waals surface area contributed by atoms with E-state index in [9.17, 15) is 31.2 Å². The van der Waals surface area contributed by atoms with Gasteiger partial charge in [0.2, 0.25) is 0 Å². The van der Waals surface area contributed by atoms with Crippen LogP contribution in [0.4, 0.5) is 0 Å². The summed E-state index contributed by atoms with van der Waals surface area (Å²) in [5.41, 5.74) is 23.1. The van der Waals surface area contributed by atoms with Crippen molar-refractivity contribution in [3.63, 3.8) is 0 Å². The molecule has 9 rings (SSSR count). The molecule has 3 aromatic carbocycles. The summed E-state index contributed by atoms with van der Waals surface area (Å²) < 4.78 is 46.5. The van der Waals surface area contributed by atoms with Crippen LogP contribution in [-0.2, 0) is 19.7 Å². The van der Waals surface area contributed by atoms with Crippen molar-refractivity contribution in [3.8, 4) is 39.4 Å². The number of hydrogen-bond acceptors (Lipinski definition) is 14. The first-order valence-electron chi connectivity index (χ1n) is 19.7. The highest BCUT2D eigenvalue weighted by Gasteiger charge is 2.15. The number of sulfone groups is 2. The Labute approximate surface area is 382 Å². The van der Waals surface area contributed by atoms with Crippen molar-refractivity contribution in [1.29, 1.82) is 5.26 Å². The van der Waals surface area contributed by atoms with Gasteiger partial charge in [0, 0.05) is 82.5 Å². The monoisotopic (exact) mass is 928 g/mol. The first kappa shape index (κ1) is 46.1. The minimum absolute atomic E-state index is 0.143. The van der Waals surface area contributed by atoms with Gasteiger partial charge in [0.05, 0.1) is 38.0 Å². The van der Waals surface area contributed by atoms with Crippen LogP contribution in [0.3, 0.4) is 0 Å². The Morgan fingerprint density at radius 3 is 1.19 bits per heavy atom. The molecule has 332 valence electrons. The summed E-state index contributed by atoms with van der Waals surface area (Å²) in [6.45, 7) is 0. The molecule has 0 aliphatic carbocycles. The maximum Gasteiger partial charge on any atom is 0.267 e. The highest BCUT2D eigenvalue weighted by molar-refractivity contribution is 7.91. The van der Waals surface area contributed by atoms with Gasteiger partial charge in [-0.25, -0.2) is 31.8 Å². The first-order chi connectivity index (χ1) is 31.9. The van der Waals surface area contributed by atoms with E-state index in [4.69, 9.17) is 22.5 Å². The number of benzene rings is 3. The molecule has 0 fully saturated rings. The van der Waals surface area contributed by atoms with Crippen LogP contribution in [0.25, 0.3) is 66.1 Å². The summed E-state index contributed by atoms with van der Waals surface area (Å²) in [6.07, 6.45) is 12.1. The summed E-state index contributed by atoms with van der Waals surface area (Å²) in [5, 5.41) is 11.2. The lowest BCUT2D eigenvalue weighted by atomic mass is 10.0. The Morgan fingerprint density at radius 1 is 0.463 bits per heavy atom. The van der Waals surface area contributed by atoms with Gasteiger partial charge >= 0.3 is 0 Å². The molecule has 0 spiro atoms. The molecular weight excluding hydrogens is 893 g/mol. The van der Waals surface area contributed by atoms with Crippen molar-refractivity contribution >= 4 is 70.1 Å². The van der Waals surface area contributed by atoms with Crippen LogP contribution in [0.5, 0.6) is 0 Å². The van der Waals surface area contributed by atoms with Gasteiger partial charge in [0.25, 0.3) is 17.7 Å². The van der Waals surface area contributed by atoms with E-state index in [1.165, 1.54) is 24.3 Å². The lowest BCUT2D eigenvalue weighted by Crippen LogP contribution is -2.12. The fourth-order valence-electron chi connectivity index (χ4n) is 6.67. The summed E-state index contributed by atoms with van der Waals surface area (Å²) >= 11 is 0. The molecule has 0 saturated heterocycles. The third-order valence-corrected chi connectivity index (χ3v) is 12.3. The molecule has 0 atom stereocenters. The van der Waals surface area contributed by atoms with Crippen molar-refractivity contribution in [2.45, 2.75) is 9.79 Å². The molecule has 17 nitrogen and oxygen atoms in total. The fourth-order valence-corrected chi connectivity index (χ4v) is 7.97. The van der Waals surface area contributed by atoms with Crippen LogP contribution in [0.15, 0.2) is 156 Å². The van der Waals surface area contributed by atoms with Gasteiger partial charge in [0.15, 0.2) is 19.7 Å². The molecule has 9 aromatic rings. The Bertz CT molecular complexity index is 3700. The van der Waals surface area contributed by atoms with Crippen LogP contribution in [0.1, 0.15) is 37.0 Å². The highest BCUT2D eigenvalue weighted by atomic mass is 32.2. The van der Waals surface area contributed by atoms with Crippen LogP contribution in [0, 0.1) is 11.3 Å². The second-order valence-corrected chi connectivity index (χ2v) is 18.8. The third-order valence-electron chi connectivity index (χ3n) is 10.0. The van der Waals surface area contributed by atoms with Crippen LogP contribution in [-0.4, -0.2) is 77.0 Å². The standard InChI is InChI=1S/C16H10N4O.2C16H13N3O3S/c17-7-10-1-3-11(4-2-10)13-9-19-8-12-5-6-14(16(18)21)20-15(12)13;1-23(21,22)12-5-2-10(3-6-12)13-9-18-8-11-4-7-14(16(17)20)19-15(11)13;1-23(21,22)12-4-2-3-10(7-12)13-9-18-8-11-5-6-14(16(17)20)19-15(11)13/h1-6,8-9H,(H2,18,21);2*2-9H,1H3,(H2,17,20). The number of carbonyl (C=O) groups is 3. The first-order valence-corrected chi connectivity index (χ1v) is 23.4. The summed E-state index contributed by atoms with van der Waals surface area (Å²) in [6, 6.07) is 32.0. The SMILES string of the molecule is CS(=O)(=O)c1ccc(-c2cncc3ccc(C(N)=O)nc23)cc1.CS(=O)(=O)c1cccc(-c2cncc3ccc(C(N)=O)nc23)c1.N#Cc1ccc(-c2cncc3ccc(C(N)=O)nc23)cc1. The zero-order valence-corrected chi connectivity index (χ0v) is 37.0. The number of nitrogens with two attached hydrogens (primary N) is 3. The minimum Gasteiger partial charge on any atom is -0.364 e. The number of amides is 3. The van der Waals surface area contributed by atoms with Gasteiger partial charge in [-0.15, -0.1) is 0 Å². The number of primary amides is 3. The van der Waals surface area contributed by atoms with Gasteiger partial charge in [-0.2, -0.15) is 5.26 Å². The lowest BCUT2D eigenvalue weighted by molar-refractivity contribution is 0.0987. The van der Waals surface area contributed by atoms with E-state index in [0.717, 1.165) is 45.4 Å². The van der Waals surface area contributed by atoms with Crippen molar-refractivity contribution in [2.75, 3.05) is 12.5 Å². The number of aromatic nitrogens is 6. The molecule has 6 heterocycles. The molecule has 3 amide bonds. The van der Waals surface area contributed by atoms with Gasteiger partial charge in [-0.05, 0) is 89.5 Å². The zero-order valence-electron chi connectivity index (χ0n) is 35.4. The van der Waals surface area contributed by atoms with E-state index in [2.05, 4.69) is 36.0 Å². The van der Waals surface area contributed by atoms with Crippen molar-refractivity contribution < 1.29 is 31.2 Å². The van der Waals surface area contributed by atoms with E-state index in [0.29, 0.717) is 38.8 Å². The van der Waals surface area contributed by atoms with Gasteiger partial charge < -0.3 is 17.2 Å². The van der Waals surface area contributed by atoms with E-state index < -0.39 is 37.4 Å². The van der Waals surface area contributed by atoms with Crippen LogP contribution < -0.4 is 17.2 Å². The van der Waals surface area contributed by atoms with Gasteiger partial charge in [-0.3, -0.25) is 29.3 Å². The summed E-state index contributed by atoms with van der Waals surface area (Å²) in [7, 11) is -6.58. The number of pyridine rings is 6. The number of hydrogen-bond donors (Lipinski definition) is 3. The molecule has 19 heteroatoms. The Kier molecular flexibility index (Phi) is 13.1. The summed E-state index contributed by atoms with van der Waals surface area (Å²) in [5.74, 6) is -1.80. The second-order valence-electron chi connectivity index (χ2n) is 14.7. The van der Waals surface area contributed by atoms with Crippen LogP contribution in [0.2, 0.25) is 0 Å². The van der Waals surface area contributed by atoms with E-state index >= 15 is 0 Å². The quantitative estimate of drug-likeness (QED) is 0.161. The van der Waals surface area contributed by atoms with Crippen molar-refractivity contribution in [1.82, 2.24) is 29.9 Å². The zero-order chi connectivity index (χ0) is 48.0. The van der Waals surface area contributed by atoms with Gasteiger partial charge in [-0.1, -0.05) is 36.4 Å². The predicted molar refractivity (Wildman–Crippen MR) is 251 cm³/mol. The minimum atomic E-state index is -3.32. The largest absolute Gasteiger partial charge is 0.364 e. The number of nitriles is 1. The lowest BCUT2D eigenvalue weighted by Gasteiger charge is -2.08. The maximum absolute atomic E-state index is 11.7. The smallest absolute Gasteiger partial charge is 0.267 e. The van der Waals surface area contributed by atoms with E-state index in [1.807, 2.05) is 12.1 Å². The molecule has 6 N–H and O–H groups in total. The molecule has 67 heavy (non-hydrogen) atoms. The average molecular weight is 929 g/mol. The third kappa shape index (κ3) is 10.6. The van der Waals surface area contributed by atoms with Gasteiger partial charge in [0.1, 0.15) is 17.1 Å². The average Bonchev–Trinajstić information content (AvgIpc) is 3.32. The predicted octanol–water partition coefficient (Wildman–Crippen LogP) is 5.87. The second kappa shape index (κ2) is 19.1. The van der Waals surface area contributed by atoms with Crippen molar-refractivity contribution in [3.05, 3.63) is 169 Å². The molecule has 0 radical (unpaired) electrons. The molecule has 0 aliphatic rings. The number of fused-ring (bicyclic) bond motifs is 3. The Morgan fingerprint density at radius 2 is 0.836 bits per heavy atom. The fraction of sp³-hybridized carbons (Fsp3) is 0.0417. The molecule has 0 aliphatic heterocycles. The van der Waals surface area contributed by atoms with E-state index in [1.54, 1.807) is 110 Å². The summed E-state index contributed by atoms with van der Waals surface area (Å²) in [4.78, 5) is 59.8. The Hall–Kier alpha value is -8.86. The molecule has 0 bridgehead atoms. The topological polar surface area (TPSA) is 299 Å². The molecule has 0 unspecified atom stereocenters. The number of nitrogens with zero attached hydrogens (tertiary/aromatic N) is 7. The molecule has 6 aromatic heterocycles.